The number of benzene rings is 1. The molecular formula is C22H27BrN6O4S. The molecule has 2 bridgehead atoms. The van der Waals surface area contributed by atoms with E-state index < -0.39 is 28.7 Å². The number of nitrogens with zero attached hydrogens (tertiary/aromatic N) is 4. The molecule has 1 aromatic carbocycles. The number of halogens is 1. The molecular weight excluding hydrogens is 524 g/mol. The number of thioether (sulfide) groups is 1. The normalized spacial score (nSPS) is 32.8. The third kappa shape index (κ3) is 3.29. The van der Waals surface area contributed by atoms with E-state index in [2.05, 4.69) is 36.9 Å². The second-order valence-corrected chi connectivity index (χ2v) is 11.8. The highest BCUT2D eigenvalue weighted by Crippen LogP contribution is 2.67. The third-order valence-corrected chi connectivity index (χ3v) is 10.6. The van der Waals surface area contributed by atoms with Gasteiger partial charge in [0, 0.05) is 17.1 Å². The quantitative estimate of drug-likeness (QED) is 0.427. The maximum atomic E-state index is 13.8. The van der Waals surface area contributed by atoms with Gasteiger partial charge in [-0.3, -0.25) is 14.4 Å². The first-order valence-electron chi connectivity index (χ1n) is 11.4. The molecule has 0 saturated carbocycles. The van der Waals surface area contributed by atoms with E-state index >= 15 is 0 Å². The minimum absolute atomic E-state index is 0.00700. The van der Waals surface area contributed by atoms with Gasteiger partial charge >= 0.3 is 0 Å². The van der Waals surface area contributed by atoms with Crippen molar-refractivity contribution in [2.24, 2.45) is 11.8 Å². The van der Waals surface area contributed by atoms with E-state index in [1.165, 1.54) is 0 Å². The number of hydrogen-bond donors (Lipinski definition) is 3. The first kappa shape index (κ1) is 23.6. The number of rotatable bonds is 7. The number of likely N-dealkylation sites (tertiary alicyclic amines) is 1. The van der Waals surface area contributed by atoms with Crippen LogP contribution in [0.1, 0.15) is 19.8 Å². The lowest BCUT2D eigenvalue weighted by atomic mass is 9.70. The Balaban J connectivity index is 1.49. The second kappa shape index (κ2) is 8.80. The Labute approximate surface area is 209 Å². The van der Waals surface area contributed by atoms with E-state index in [1.54, 1.807) is 28.4 Å². The molecule has 7 atom stereocenters. The summed E-state index contributed by atoms with van der Waals surface area (Å²) in [6.45, 7) is 1.73. The van der Waals surface area contributed by atoms with Crippen molar-refractivity contribution < 1.29 is 19.5 Å². The molecule has 12 heteroatoms. The summed E-state index contributed by atoms with van der Waals surface area (Å²) < 4.78 is 0.858. The average molecular weight is 551 g/mol. The molecule has 10 nitrogen and oxygen atoms in total. The standard InChI is InChI=1S/C22H27BrN6O4S/c1-3-11(9-30)29-18(20(32)25-10-28-14-7-5-4-6-13(14)26-27-28)22-8-12(23)17(34-22)15(19(31)24-2)16(22)21(29)33/h4-7,11-12,15-18,30H,3,8-10H2,1-2H3,(H,24,31)(H,25,32)/t11-,12?,15+,16-,17+,18?,22?/m0/s1. The molecule has 1 aromatic heterocycles. The van der Waals surface area contributed by atoms with Crippen LogP contribution >= 0.6 is 27.7 Å². The van der Waals surface area contributed by atoms with Crippen molar-refractivity contribution >= 4 is 56.4 Å². The smallest absolute Gasteiger partial charge is 0.245 e. The van der Waals surface area contributed by atoms with Gasteiger partial charge in [-0.1, -0.05) is 40.2 Å². The van der Waals surface area contributed by atoms with Crippen LogP contribution in [-0.2, 0) is 21.1 Å². The molecule has 5 rings (SSSR count). The van der Waals surface area contributed by atoms with Crippen LogP contribution in [-0.4, -0.2) is 83.3 Å². The van der Waals surface area contributed by atoms with Crippen LogP contribution in [0.5, 0.6) is 0 Å². The van der Waals surface area contributed by atoms with Gasteiger partial charge in [0.1, 0.15) is 18.2 Å². The predicted molar refractivity (Wildman–Crippen MR) is 130 cm³/mol. The molecule has 0 radical (unpaired) electrons. The molecule has 1 spiro atoms. The van der Waals surface area contributed by atoms with Crippen molar-refractivity contribution in [1.82, 2.24) is 30.5 Å². The molecule has 2 aromatic rings. The minimum atomic E-state index is -0.804. The van der Waals surface area contributed by atoms with E-state index in [0.717, 1.165) is 11.0 Å². The van der Waals surface area contributed by atoms with Gasteiger partial charge in [-0.05, 0) is 25.0 Å². The number of hydrogen-bond acceptors (Lipinski definition) is 7. The summed E-state index contributed by atoms with van der Waals surface area (Å²) >= 11 is 5.29. The van der Waals surface area contributed by atoms with Crippen LogP contribution in [0.3, 0.4) is 0 Å². The topological polar surface area (TPSA) is 129 Å². The van der Waals surface area contributed by atoms with Crippen molar-refractivity contribution in [1.29, 1.82) is 0 Å². The summed E-state index contributed by atoms with van der Waals surface area (Å²) in [5, 5.41) is 23.9. The zero-order valence-corrected chi connectivity index (χ0v) is 21.3. The highest BCUT2D eigenvalue weighted by molar-refractivity contribution is 9.09. The van der Waals surface area contributed by atoms with Gasteiger partial charge < -0.3 is 20.6 Å². The number of nitrogens with one attached hydrogen (secondary N) is 2. The molecule has 3 N–H and O–H groups in total. The van der Waals surface area contributed by atoms with Gasteiger partial charge in [-0.25, -0.2) is 4.68 Å². The summed E-state index contributed by atoms with van der Waals surface area (Å²) in [7, 11) is 1.57. The van der Waals surface area contributed by atoms with Crippen LogP contribution in [0.25, 0.3) is 11.0 Å². The summed E-state index contributed by atoms with van der Waals surface area (Å²) in [5.74, 6) is -1.87. The monoisotopic (exact) mass is 550 g/mol. The van der Waals surface area contributed by atoms with Crippen molar-refractivity contribution in [2.75, 3.05) is 13.7 Å². The molecule has 3 aliphatic rings. The van der Waals surface area contributed by atoms with Gasteiger partial charge in [0.25, 0.3) is 0 Å². The van der Waals surface area contributed by atoms with Gasteiger partial charge in [-0.2, -0.15) is 0 Å². The number of amides is 3. The van der Waals surface area contributed by atoms with E-state index in [0.29, 0.717) is 12.8 Å². The first-order chi connectivity index (χ1) is 16.4. The molecule has 3 unspecified atom stereocenters. The zero-order valence-electron chi connectivity index (χ0n) is 18.8. The molecule has 3 amide bonds. The molecule has 0 aliphatic carbocycles. The lowest BCUT2D eigenvalue weighted by Gasteiger charge is -2.37. The number of aliphatic hydroxyl groups is 1. The van der Waals surface area contributed by atoms with Crippen molar-refractivity contribution in [3.05, 3.63) is 24.3 Å². The number of aliphatic hydroxyl groups excluding tert-OH is 1. The molecule has 3 fully saturated rings. The fourth-order valence-electron chi connectivity index (χ4n) is 5.92. The SMILES string of the molecule is CC[C@@H](CO)N1C(=O)[C@@H]2[C@@H](C(=O)NC)[C@@H]3SC2(CC3Br)C1C(=O)NCn1nnc2ccccc21. The lowest BCUT2D eigenvalue weighted by Crippen LogP contribution is -2.57. The Kier molecular flexibility index (Phi) is 6.09. The maximum Gasteiger partial charge on any atom is 0.245 e. The fraction of sp³-hybridized carbons (Fsp3) is 0.591. The Morgan fingerprint density at radius 1 is 1.35 bits per heavy atom. The Morgan fingerprint density at radius 2 is 2.12 bits per heavy atom. The fourth-order valence-corrected chi connectivity index (χ4v) is 9.52. The van der Waals surface area contributed by atoms with Crippen LogP contribution in [0.15, 0.2) is 24.3 Å². The average Bonchev–Trinajstić information content (AvgIpc) is 3.55. The number of carbonyl (C=O) groups excluding carboxylic acids is 3. The van der Waals surface area contributed by atoms with Crippen LogP contribution in [0.4, 0.5) is 0 Å². The first-order valence-corrected chi connectivity index (χ1v) is 13.2. The Hall–Kier alpha value is -2.18. The Bertz CT molecular complexity index is 1140. The highest BCUT2D eigenvalue weighted by atomic mass is 79.9. The minimum Gasteiger partial charge on any atom is -0.394 e. The number of para-hydroxylation sites is 1. The highest BCUT2D eigenvalue weighted by Gasteiger charge is 2.76. The van der Waals surface area contributed by atoms with E-state index in [1.807, 2.05) is 31.2 Å². The number of carbonyl (C=O) groups is 3. The summed E-state index contributed by atoms with van der Waals surface area (Å²) in [4.78, 5) is 42.0. The van der Waals surface area contributed by atoms with Gasteiger partial charge in [0.15, 0.2) is 0 Å². The second-order valence-electron chi connectivity index (χ2n) is 9.04. The largest absolute Gasteiger partial charge is 0.394 e. The molecule has 34 heavy (non-hydrogen) atoms. The maximum absolute atomic E-state index is 13.8. The third-order valence-electron chi connectivity index (χ3n) is 7.42. The van der Waals surface area contributed by atoms with Crippen LogP contribution < -0.4 is 10.6 Å². The van der Waals surface area contributed by atoms with Crippen LogP contribution in [0, 0.1) is 11.8 Å². The molecule has 182 valence electrons. The summed E-state index contributed by atoms with van der Waals surface area (Å²) in [6.07, 6.45) is 1.09. The lowest BCUT2D eigenvalue weighted by molar-refractivity contribution is -0.142. The van der Waals surface area contributed by atoms with E-state index in [4.69, 9.17) is 0 Å². The van der Waals surface area contributed by atoms with Gasteiger partial charge in [0.2, 0.25) is 17.7 Å². The molecule has 4 heterocycles. The number of alkyl halides is 1. The predicted octanol–water partition coefficient (Wildman–Crippen LogP) is 0.487. The van der Waals surface area contributed by atoms with Crippen LogP contribution in [0.2, 0.25) is 0 Å². The van der Waals surface area contributed by atoms with Crippen molar-refractivity contribution in [2.45, 2.75) is 53.3 Å². The number of aromatic nitrogens is 3. The Morgan fingerprint density at radius 3 is 2.82 bits per heavy atom. The summed E-state index contributed by atoms with van der Waals surface area (Å²) in [5.41, 5.74) is 1.51. The van der Waals surface area contributed by atoms with Gasteiger partial charge in [-0.15, -0.1) is 16.9 Å². The zero-order chi connectivity index (χ0) is 24.2. The van der Waals surface area contributed by atoms with E-state index in [9.17, 15) is 19.5 Å². The number of fused-ring (bicyclic) bond motifs is 2. The van der Waals surface area contributed by atoms with E-state index in [-0.39, 0.29) is 41.1 Å². The summed E-state index contributed by atoms with van der Waals surface area (Å²) in [6, 6.07) is 6.15. The van der Waals surface area contributed by atoms with Crippen molar-refractivity contribution in [3.63, 3.8) is 0 Å². The molecule has 3 aliphatic heterocycles. The molecule has 3 saturated heterocycles. The van der Waals surface area contributed by atoms with Crippen molar-refractivity contribution in [3.8, 4) is 0 Å². The van der Waals surface area contributed by atoms with Gasteiger partial charge in [0.05, 0.1) is 34.7 Å².